The number of rotatable bonds is 8. The number of benzene rings is 1. The maximum absolute atomic E-state index is 10.8. The van der Waals surface area contributed by atoms with E-state index in [0.717, 1.165) is 37.2 Å². The van der Waals surface area contributed by atoms with Crippen LogP contribution in [-0.2, 0) is 11.3 Å². The summed E-state index contributed by atoms with van der Waals surface area (Å²) < 4.78 is 10.8. The quantitative estimate of drug-likeness (QED) is 0.709. The van der Waals surface area contributed by atoms with Crippen molar-refractivity contribution in [2.45, 2.75) is 32.4 Å². The van der Waals surface area contributed by atoms with Crippen LogP contribution in [0.1, 0.15) is 25.7 Å². The molecule has 1 fully saturated rings. The predicted octanol–water partition coefficient (Wildman–Crippen LogP) is 2.54. The Bertz CT molecular complexity index is 745. The zero-order valence-corrected chi connectivity index (χ0v) is 17.0. The molecule has 1 aliphatic rings. The third kappa shape index (κ3) is 5.92. The number of likely N-dealkylation sites (N-methyl/N-ethyl adjacent to an activating group) is 1. The van der Waals surface area contributed by atoms with Crippen LogP contribution in [0.25, 0.3) is 11.4 Å². The van der Waals surface area contributed by atoms with E-state index in [0.29, 0.717) is 30.9 Å². The van der Waals surface area contributed by atoms with Crippen molar-refractivity contribution in [3.63, 3.8) is 0 Å². The molecule has 0 saturated carbocycles. The standard InChI is InChI=1S/C19H26N4O4.ClH/c1-3-26-16-6-4-14(5-7-16)19-20-17(27-21-19)12-23-10-8-15(9-11-23)22(2)13-18(24)25;/h4-7,15H,3,8-13H2,1-2H3,(H,24,25);1H. The molecular weight excluding hydrogens is 384 g/mol. The Kier molecular flexibility index (Phi) is 8.22. The van der Waals surface area contributed by atoms with Gasteiger partial charge in [0.1, 0.15) is 5.75 Å². The third-order valence-electron chi connectivity index (χ3n) is 4.82. The highest BCUT2D eigenvalue weighted by atomic mass is 35.5. The van der Waals surface area contributed by atoms with E-state index in [1.165, 1.54) is 0 Å². The van der Waals surface area contributed by atoms with Gasteiger partial charge in [0, 0.05) is 24.7 Å². The normalized spacial score (nSPS) is 15.4. The maximum atomic E-state index is 10.8. The van der Waals surface area contributed by atoms with Crippen LogP contribution in [0.2, 0.25) is 0 Å². The van der Waals surface area contributed by atoms with E-state index in [2.05, 4.69) is 15.0 Å². The molecule has 28 heavy (non-hydrogen) atoms. The number of carboxylic acid groups (broad SMARTS) is 1. The van der Waals surface area contributed by atoms with E-state index in [9.17, 15) is 4.79 Å². The van der Waals surface area contributed by atoms with Crippen LogP contribution >= 0.6 is 12.4 Å². The first-order chi connectivity index (χ1) is 13.0. The number of ether oxygens (including phenoxy) is 1. The Balaban J connectivity index is 0.00000280. The minimum Gasteiger partial charge on any atom is -0.494 e. The van der Waals surface area contributed by atoms with Crippen LogP contribution in [0.15, 0.2) is 28.8 Å². The van der Waals surface area contributed by atoms with Crippen LogP contribution in [0.4, 0.5) is 0 Å². The summed E-state index contributed by atoms with van der Waals surface area (Å²) in [7, 11) is 1.87. The topological polar surface area (TPSA) is 91.9 Å². The van der Waals surface area contributed by atoms with E-state index in [1.807, 2.05) is 43.1 Å². The minimum absolute atomic E-state index is 0. The zero-order chi connectivity index (χ0) is 19.2. The monoisotopic (exact) mass is 410 g/mol. The average molecular weight is 411 g/mol. The van der Waals surface area contributed by atoms with Gasteiger partial charge in [-0.05, 0) is 51.1 Å². The largest absolute Gasteiger partial charge is 0.494 e. The van der Waals surface area contributed by atoms with E-state index in [-0.39, 0.29) is 19.0 Å². The lowest BCUT2D eigenvalue weighted by Gasteiger charge is -2.35. The lowest BCUT2D eigenvalue weighted by atomic mass is 10.0. The summed E-state index contributed by atoms with van der Waals surface area (Å²) in [6.07, 6.45) is 1.87. The van der Waals surface area contributed by atoms with E-state index >= 15 is 0 Å². The molecule has 1 aromatic carbocycles. The Hall–Kier alpha value is -2.16. The number of halogens is 1. The molecule has 1 saturated heterocycles. The van der Waals surface area contributed by atoms with Crippen molar-refractivity contribution in [2.75, 3.05) is 33.3 Å². The fourth-order valence-electron chi connectivity index (χ4n) is 3.36. The first kappa shape index (κ1) is 22.1. The van der Waals surface area contributed by atoms with Crippen LogP contribution in [0.3, 0.4) is 0 Å². The van der Waals surface area contributed by atoms with Gasteiger partial charge in [0.15, 0.2) is 0 Å². The van der Waals surface area contributed by atoms with E-state index in [4.69, 9.17) is 14.4 Å². The summed E-state index contributed by atoms with van der Waals surface area (Å²) in [5.74, 6) is 1.20. The second-order valence-corrected chi connectivity index (χ2v) is 6.79. The molecular formula is C19H27ClN4O4. The molecule has 154 valence electrons. The van der Waals surface area contributed by atoms with Crippen molar-refractivity contribution < 1.29 is 19.2 Å². The van der Waals surface area contributed by atoms with Crippen LogP contribution in [0, 0.1) is 0 Å². The molecule has 2 aromatic rings. The molecule has 0 unspecified atom stereocenters. The van der Waals surface area contributed by atoms with Gasteiger partial charge in [-0.1, -0.05) is 5.16 Å². The highest BCUT2D eigenvalue weighted by Crippen LogP contribution is 2.21. The summed E-state index contributed by atoms with van der Waals surface area (Å²) in [4.78, 5) is 19.5. The zero-order valence-electron chi connectivity index (χ0n) is 16.2. The first-order valence-electron chi connectivity index (χ1n) is 9.25. The van der Waals surface area contributed by atoms with Gasteiger partial charge in [0.25, 0.3) is 0 Å². The SMILES string of the molecule is CCOc1ccc(-c2noc(CN3CCC(N(C)CC(=O)O)CC3)n2)cc1.Cl. The summed E-state index contributed by atoms with van der Waals surface area (Å²) in [6.45, 7) is 5.05. The van der Waals surface area contributed by atoms with Gasteiger partial charge in [0.05, 0.1) is 19.7 Å². The first-order valence-corrected chi connectivity index (χ1v) is 9.25. The van der Waals surface area contributed by atoms with Gasteiger partial charge < -0.3 is 14.4 Å². The number of piperidine rings is 1. The number of nitrogens with zero attached hydrogens (tertiary/aromatic N) is 4. The van der Waals surface area contributed by atoms with Crippen molar-refractivity contribution in [3.05, 3.63) is 30.2 Å². The van der Waals surface area contributed by atoms with Crippen molar-refractivity contribution >= 4 is 18.4 Å². The van der Waals surface area contributed by atoms with Crippen LogP contribution in [-0.4, -0.2) is 70.3 Å². The second-order valence-electron chi connectivity index (χ2n) is 6.79. The molecule has 0 amide bonds. The average Bonchev–Trinajstić information content (AvgIpc) is 3.11. The lowest BCUT2D eigenvalue weighted by Crippen LogP contribution is -2.44. The molecule has 0 aliphatic carbocycles. The number of aliphatic carboxylic acids is 1. The predicted molar refractivity (Wildman–Crippen MR) is 107 cm³/mol. The molecule has 0 radical (unpaired) electrons. The maximum Gasteiger partial charge on any atom is 0.317 e. The molecule has 0 bridgehead atoms. The van der Waals surface area contributed by atoms with Gasteiger partial charge in [-0.2, -0.15) is 4.98 Å². The summed E-state index contributed by atoms with van der Waals surface area (Å²) in [5, 5.41) is 13.0. The fraction of sp³-hybridized carbons (Fsp3) is 0.526. The number of hydrogen-bond acceptors (Lipinski definition) is 7. The number of aromatic nitrogens is 2. The summed E-state index contributed by atoms with van der Waals surface area (Å²) >= 11 is 0. The van der Waals surface area contributed by atoms with E-state index in [1.54, 1.807) is 0 Å². The second kappa shape index (κ2) is 10.4. The number of carboxylic acids is 1. The molecule has 1 aliphatic heterocycles. The summed E-state index contributed by atoms with van der Waals surface area (Å²) in [6, 6.07) is 7.94. The Morgan fingerprint density at radius 2 is 2.00 bits per heavy atom. The van der Waals surface area contributed by atoms with Crippen molar-refractivity contribution in [2.24, 2.45) is 0 Å². The summed E-state index contributed by atoms with van der Waals surface area (Å²) in [5.41, 5.74) is 0.891. The molecule has 0 atom stereocenters. The highest BCUT2D eigenvalue weighted by Gasteiger charge is 2.24. The molecule has 2 heterocycles. The fourth-order valence-corrected chi connectivity index (χ4v) is 3.36. The smallest absolute Gasteiger partial charge is 0.317 e. The number of hydrogen-bond donors (Lipinski definition) is 1. The van der Waals surface area contributed by atoms with Crippen molar-refractivity contribution in [1.29, 1.82) is 0 Å². The van der Waals surface area contributed by atoms with Gasteiger partial charge in [-0.3, -0.25) is 14.6 Å². The molecule has 9 heteroatoms. The van der Waals surface area contributed by atoms with Gasteiger partial charge in [-0.25, -0.2) is 0 Å². The highest BCUT2D eigenvalue weighted by molar-refractivity contribution is 5.85. The van der Waals surface area contributed by atoms with Gasteiger partial charge in [-0.15, -0.1) is 12.4 Å². The molecule has 8 nitrogen and oxygen atoms in total. The Morgan fingerprint density at radius 3 is 2.61 bits per heavy atom. The van der Waals surface area contributed by atoms with Crippen molar-refractivity contribution in [1.82, 2.24) is 19.9 Å². The molecule has 1 aromatic heterocycles. The van der Waals surface area contributed by atoms with Crippen LogP contribution < -0.4 is 4.74 Å². The molecule has 0 spiro atoms. The Morgan fingerprint density at radius 1 is 1.32 bits per heavy atom. The minimum atomic E-state index is -0.785. The van der Waals surface area contributed by atoms with E-state index < -0.39 is 5.97 Å². The van der Waals surface area contributed by atoms with Crippen molar-refractivity contribution in [3.8, 4) is 17.1 Å². The lowest BCUT2D eigenvalue weighted by molar-refractivity contribution is -0.138. The van der Waals surface area contributed by atoms with Gasteiger partial charge >= 0.3 is 5.97 Å². The number of carbonyl (C=O) groups is 1. The molecule has 1 N–H and O–H groups in total. The number of likely N-dealkylation sites (tertiary alicyclic amines) is 1. The third-order valence-corrected chi connectivity index (χ3v) is 4.82. The van der Waals surface area contributed by atoms with Gasteiger partial charge in [0.2, 0.25) is 11.7 Å². The Labute approximate surface area is 170 Å². The molecule has 3 rings (SSSR count). The van der Waals surface area contributed by atoms with Crippen LogP contribution in [0.5, 0.6) is 5.75 Å².